The maximum absolute atomic E-state index is 12.7. The Balaban J connectivity index is 0.900. The van der Waals surface area contributed by atoms with Gasteiger partial charge in [-0.1, -0.05) is 55.0 Å². The number of unbranched alkanes of at least 4 members (excludes halogenated alkanes) is 6. The molecule has 1 aliphatic heterocycles. The largest absolute Gasteiger partial charge is 0.493 e. The van der Waals surface area contributed by atoms with E-state index >= 15 is 0 Å². The van der Waals surface area contributed by atoms with Crippen LogP contribution in [0.3, 0.4) is 0 Å². The lowest BCUT2D eigenvalue weighted by molar-refractivity contribution is 0.0935. The van der Waals surface area contributed by atoms with Crippen LogP contribution in [0.25, 0.3) is 22.6 Å². The normalized spacial score (nSPS) is 13.5. The Morgan fingerprint density at radius 2 is 1.32 bits per heavy atom. The molecule has 0 saturated carbocycles. The fraction of sp³-hybridized carbons (Fsp3) is 0.364. The first-order chi connectivity index (χ1) is 27.3. The number of fused-ring (bicyclic) bond motifs is 1. The third-order valence-electron chi connectivity index (χ3n) is 10.1. The number of ether oxygens (including phenoxy) is 3. The van der Waals surface area contributed by atoms with Crippen molar-refractivity contribution in [3.8, 4) is 39.8 Å². The molecule has 1 aromatic heterocycles. The molecule has 0 radical (unpaired) electrons. The first-order valence-corrected chi connectivity index (χ1v) is 19.2. The number of aliphatic hydroxyl groups excluding tert-OH is 4. The highest BCUT2D eigenvalue weighted by molar-refractivity contribution is 6.01. The van der Waals surface area contributed by atoms with E-state index in [1.54, 1.807) is 25.3 Å². The Hall–Kier alpha value is -5.40. The Morgan fingerprint density at radius 3 is 1.98 bits per heavy atom. The molecule has 12 nitrogen and oxygen atoms in total. The molecule has 6 N–H and O–H groups in total. The number of benzene rings is 4. The van der Waals surface area contributed by atoms with E-state index < -0.39 is 6.17 Å². The van der Waals surface area contributed by atoms with Crippen molar-refractivity contribution >= 4 is 11.6 Å². The van der Waals surface area contributed by atoms with Gasteiger partial charge in [0.2, 0.25) is 0 Å². The first-order valence-electron chi connectivity index (χ1n) is 19.2. The average molecular weight is 766 g/mol. The molecule has 0 spiro atoms. The summed E-state index contributed by atoms with van der Waals surface area (Å²) in [5.41, 5.74) is 7.48. The van der Waals surface area contributed by atoms with E-state index in [0.717, 1.165) is 67.3 Å². The van der Waals surface area contributed by atoms with Gasteiger partial charge in [-0.05, 0) is 96.6 Å². The van der Waals surface area contributed by atoms with E-state index in [9.17, 15) is 25.2 Å². The molecule has 1 amide bonds. The molecule has 2 heterocycles. The first kappa shape index (κ1) is 40.3. The van der Waals surface area contributed by atoms with Crippen LogP contribution in [0.4, 0.5) is 5.69 Å². The number of carbonyl (C=O) groups is 1. The van der Waals surface area contributed by atoms with Gasteiger partial charge in [-0.2, -0.15) is 0 Å². The number of rotatable bonds is 20. The zero-order chi connectivity index (χ0) is 39.4. The zero-order valence-electron chi connectivity index (χ0n) is 32.0. The summed E-state index contributed by atoms with van der Waals surface area (Å²) in [5.74, 6) is 2.28. The Kier molecular flexibility index (Phi) is 14.0. The molecule has 4 aromatic carbocycles. The van der Waals surface area contributed by atoms with Crippen molar-refractivity contribution in [2.45, 2.75) is 84.5 Å². The second kappa shape index (κ2) is 19.5. The van der Waals surface area contributed by atoms with Crippen molar-refractivity contribution in [3.05, 3.63) is 112 Å². The number of methoxy groups -OCH3 is 1. The van der Waals surface area contributed by atoms with Crippen molar-refractivity contribution in [3.63, 3.8) is 0 Å². The van der Waals surface area contributed by atoms with Crippen LogP contribution in [-0.2, 0) is 26.4 Å². The zero-order valence-corrected chi connectivity index (χ0v) is 32.0. The lowest BCUT2D eigenvalue weighted by atomic mass is 9.97. The number of nitrogens with zero attached hydrogens (tertiary/aromatic N) is 1. The summed E-state index contributed by atoms with van der Waals surface area (Å²) in [6, 6.07) is 22.2. The van der Waals surface area contributed by atoms with Gasteiger partial charge < -0.3 is 49.8 Å². The van der Waals surface area contributed by atoms with E-state index in [4.69, 9.17) is 18.7 Å². The molecule has 1 atom stereocenters. The molecule has 1 unspecified atom stereocenters. The maximum Gasteiger partial charge on any atom is 0.255 e. The van der Waals surface area contributed by atoms with Crippen molar-refractivity contribution in [1.82, 2.24) is 10.5 Å². The highest BCUT2D eigenvalue weighted by Gasteiger charge is 2.25. The van der Waals surface area contributed by atoms with E-state index in [1.165, 1.54) is 0 Å². The molecular weight excluding hydrogens is 714 g/mol. The van der Waals surface area contributed by atoms with Crippen molar-refractivity contribution < 1.29 is 44.0 Å². The SMILES string of the molecule is COc1ccc(-c2cc(-c3cc(CO)c(CO)c(CO)c3)no2)cc1OCCCCCCCCCOc1ccc(C2NC(=O)c3cc(C)ccc3N2)cc1CO. The number of nitrogens with one attached hydrogen (secondary N) is 2. The predicted molar refractivity (Wildman–Crippen MR) is 212 cm³/mol. The highest BCUT2D eigenvalue weighted by atomic mass is 16.5. The number of hydrogen-bond acceptors (Lipinski definition) is 11. The Labute approximate surface area is 327 Å². The summed E-state index contributed by atoms with van der Waals surface area (Å²) in [6.45, 7) is 2.07. The van der Waals surface area contributed by atoms with Gasteiger partial charge in [-0.3, -0.25) is 4.79 Å². The summed E-state index contributed by atoms with van der Waals surface area (Å²) < 4.78 is 23.4. The van der Waals surface area contributed by atoms with Crippen LogP contribution >= 0.6 is 0 Å². The average Bonchev–Trinajstić information content (AvgIpc) is 3.73. The topological polar surface area (TPSA) is 176 Å². The van der Waals surface area contributed by atoms with E-state index in [-0.39, 0.29) is 32.3 Å². The Bertz CT molecular complexity index is 2070. The number of aromatic nitrogens is 1. The number of aryl methyl sites for hydroxylation is 1. The quantitative estimate of drug-likeness (QED) is 0.0438. The third kappa shape index (κ3) is 9.69. The van der Waals surface area contributed by atoms with Crippen LogP contribution in [-0.4, -0.2) is 51.8 Å². The summed E-state index contributed by atoms with van der Waals surface area (Å²) in [4.78, 5) is 12.7. The second-order valence-electron chi connectivity index (χ2n) is 14.0. The smallest absolute Gasteiger partial charge is 0.255 e. The van der Waals surface area contributed by atoms with Crippen LogP contribution in [0.2, 0.25) is 0 Å². The van der Waals surface area contributed by atoms with Gasteiger partial charge in [0.05, 0.1) is 52.3 Å². The number of carbonyl (C=O) groups excluding carboxylic acids is 1. The second-order valence-corrected chi connectivity index (χ2v) is 14.0. The Morgan fingerprint density at radius 1 is 0.661 bits per heavy atom. The van der Waals surface area contributed by atoms with Crippen molar-refractivity contribution in [2.24, 2.45) is 0 Å². The number of hydrogen-bond donors (Lipinski definition) is 6. The minimum Gasteiger partial charge on any atom is -0.493 e. The van der Waals surface area contributed by atoms with Gasteiger partial charge in [0.15, 0.2) is 17.3 Å². The lowest BCUT2D eigenvalue weighted by Gasteiger charge is -2.29. The standard InChI is InChI=1S/C44H51N3O9/c1-28-10-13-37-35(18-28)44(52)46-43(45-37)30-12-14-39(34(19-30)26-50)54-16-8-6-4-3-5-7-9-17-55-42-22-29(11-15-40(42)53-2)41-23-38(47-56-41)31-20-32(24-48)36(27-51)33(21-31)25-49/h10-15,18-23,43,45,48-51H,3-9,16-17,24-27H2,1-2H3,(H,46,52). The van der Waals surface area contributed by atoms with Crippen LogP contribution in [0.15, 0.2) is 77.3 Å². The fourth-order valence-corrected chi connectivity index (χ4v) is 6.96. The lowest BCUT2D eigenvalue weighted by Crippen LogP contribution is -2.38. The monoisotopic (exact) mass is 765 g/mol. The van der Waals surface area contributed by atoms with Gasteiger partial charge >= 0.3 is 0 Å². The minimum atomic E-state index is -0.396. The van der Waals surface area contributed by atoms with E-state index in [2.05, 4.69) is 15.8 Å². The fourth-order valence-electron chi connectivity index (χ4n) is 6.96. The number of aliphatic hydroxyl groups is 4. The van der Waals surface area contributed by atoms with Gasteiger partial charge in [-0.15, -0.1) is 0 Å². The molecule has 0 aliphatic carbocycles. The molecule has 0 saturated heterocycles. The number of anilines is 1. The van der Waals surface area contributed by atoms with Crippen LogP contribution in [0, 0.1) is 6.92 Å². The molecule has 0 bridgehead atoms. The highest BCUT2D eigenvalue weighted by Crippen LogP contribution is 2.35. The van der Waals surface area contributed by atoms with E-state index in [1.807, 2.05) is 61.5 Å². The molecule has 5 aromatic rings. The van der Waals surface area contributed by atoms with Gasteiger partial charge in [0.1, 0.15) is 17.6 Å². The molecule has 296 valence electrons. The third-order valence-corrected chi connectivity index (χ3v) is 10.1. The molecule has 56 heavy (non-hydrogen) atoms. The summed E-state index contributed by atoms with van der Waals surface area (Å²) >= 11 is 0. The summed E-state index contributed by atoms with van der Waals surface area (Å²) in [7, 11) is 1.60. The molecular formula is C44H51N3O9. The summed E-state index contributed by atoms with van der Waals surface area (Å²) in [6.07, 6.45) is 6.83. The molecule has 6 rings (SSSR count). The van der Waals surface area contributed by atoms with Crippen LogP contribution in [0.5, 0.6) is 17.2 Å². The molecule has 12 heteroatoms. The van der Waals surface area contributed by atoms with Gasteiger partial charge in [0.25, 0.3) is 5.91 Å². The number of amides is 1. The van der Waals surface area contributed by atoms with Gasteiger partial charge in [-0.25, -0.2) is 0 Å². The van der Waals surface area contributed by atoms with Gasteiger partial charge in [0, 0.05) is 28.4 Å². The van der Waals surface area contributed by atoms with Crippen LogP contribution < -0.4 is 24.8 Å². The molecule has 0 fully saturated rings. The molecule has 1 aliphatic rings. The summed E-state index contributed by atoms with van der Waals surface area (Å²) in [5, 5.41) is 49.9. The van der Waals surface area contributed by atoms with Crippen molar-refractivity contribution in [2.75, 3.05) is 25.6 Å². The minimum absolute atomic E-state index is 0.128. The van der Waals surface area contributed by atoms with E-state index in [0.29, 0.717) is 75.3 Å². The maximum atomic E-state index is 12.7. The predicted octanol–water partition coefficient (Wildman–Crippen LogP) is 7.34. The van der Waals surface area contributed by atoms with Crippen LogP contribution in [0.1, 0.15) is 94.9 Å². The van der Waals surface area contributed by atoms with Crippen molar-refractivity contribution in [1.29, 1.82) is 0 Å².